The van der Waals surface area contributed by atoms with E-state index in [1.54, 1.807) is 18.5 Å². The molecule has 5 rings (SSSR count). The number of rotatable bonds is 5. The Hall–Kier alpha value is -3.38. The molecule has 4 aromatic rings. The predicted molar refractivity (Wildman–Crippen MR) is 119 cm³/mol. The van der Waals surface area contributed by atoms with E-state index in [-0.39, 0.29) is 16.9 Å². The highest BCUT2D eigenvalue weighted by Crippen LogP contribution is 2.25. The van der Waals surface area contributed by atoms with E-state index in [4.69, 9.17) is 11.6 Å². The lowest BCUT2D eigenvalue weighted by Gasteiger charge is -2.11. The van der Waals surface area contributed by atoms with Crippen LogP contribution in [0.5, 0.6) is 0 Å². The number of amides is 1. The molecular formula is C23H19ClN4O2. The molecule has 0 bridgehead atoms. The summed E-state index contributed by atoms with van der Waals surface area (Å²) >= 11 is 6.03. The maximum absolute atomic E-state index is 12.8. The van der Waals surface area contributed by atoms with Crippen LogP contribution in [0.3, 0.4) is 0 Å². The quantitative estimate of drug-likeness (QED) is 0.485. The molecule has 30 heavy (non-hydrogen) atoms. The van der Waals surface area contributed by atoms with Crippen LogP contribution in [0, 0.1) is 0 Å². The fraction of sp³-hybridized carbons (Fsp3) is 0.174. The molecule has 3 heterocycles. The highest BCUT2D eigenvalue weighted by atomic mass is 35.5. The van der Waals surface area contributed by atoms with Crippen molar-refractivity contribution in [1.82, 2.24) is 14.9 Å². The number of nitrogens with one attached hydrogen (secondary N) is 2. The monoisotopic (exact) mass is 418 g/mol. The molecule has 0 radical (unpaired) electrons. The summed E-state index contributed by atoms with van der Waals surface area (Å²) in [6.07, 6.45) is 4.29. The molecule has 150 valence electrons. The topological polar surface area (TPSA) is 76.0 Å². The minimum Gasteiger partial charge on any atom is -0.383 e. The average Bonchev–Trinajstić information content (AvgIpc) is 3.17. The number of fused-ring (bicyclic) bond motifs is 1. The van der Waals surface area contributed by atoms with Crippen LogP contribution in [-0.4, -0.2) is 28.5 Å². The number of halogens is 1. The lowest BCUT2D eigenvalue weighted by molar-refractivity contribution is 0.0953. The first-order valence-corrected chi connectivity index (χ1v) is 10.2. The fourth-order valence-electron chi connectivity index (χ4n) is 4.06. The Morgan fingerprint density at radius 3 is 2.93 bits per heavy atom. The Balaban J connectivity index is 1.29. The molecular weight excluding hydrogens is 400 g/mol. The van der Waals surface area contributed by atoms with Crippen LogP contribution < -0.4 is 16.1 Å². The number of carbonyl (C=O) groups excluding carboxylic acids is 1. The van der Waals surface area contributed by atoms with Gasteiger partial charge >= 0.3 is 0 Å². The average molecular weight is 419 g/mol. The van der Waals surface area contributed by atoms with E-state index in [0.29, 0.717) is 23.5 Å². The number of para-hydroxylation sites is 1. The van der Waals surface area contributed by atoms with Crippen LogP contribution in [0.1, 0.15) is 15.9 Å². The lowest BCUT2D eigenvalue weighted by atomic mass is 10.1. The van der Waals surface area contributed by atoms with Gasteiger partial charge in [0.05, 0.1) is 11.0 Å². The summed E-state index contributed by atoms with van der Waals surface area (Å²) in [6, 6.07) is 13.1. The predicted octanol–water partition coefficient (Wildman–Crippen LogP) is 3.60. The maximum Gasteiger partial charge on any atom is 0.256 e. The van der Waals surface area contributed by atoms with Gasteiger partial charge in [0, 0.05) is 53.5 Å². The number of carbonyl (C=O) groups is 1. The van der Waals surface area contributed by atoms with Gasteiger partial charge in [0.1, 0.15) is 5.56 Å². The molecule has 6 nitrogen and oxygen atoms in total. The SMILES string of the molecule is O=C(NCCNc1ccnc2cc(Cl)ccc12)c1cn2c3c(cccc3c1=O)CC2. The van der Waals surface area contributed by atoms with Crippen LogP contribution in [0.2, 0.25) is 5.02 Å². The van der Waals surface area contributed by atoms with Gasteiger partial charge in [-0.05, 0) is 42.3 Å². The van der Waals surface area contributed by atoms with E-state index < -0.39 is 0 Å². The standard InChI is InChI=1S/C23H19ClN4O2/c24-15-4-5-16-19(6-8-25-20(16)12-15)26-9-10-27-23(30)18-13-28-11-7-14-2-1-3-17(21(14)28)22(18)29/h1-6,8,12-13H,7,9-11H2,(H,25,26)(H,27,30). The first-order valence-electron chi connectivity index (χ1n) is 9.83. The number of pyridine rings is 2. The molecule has 0 unspecified atom stereocenters. The smallest absolute Gasteiger partial charge is 0.256 e. The van der Waals surface area contributed by atoms with Crippen LogP contribution in [0.25, 0.3) is 21.8 Å². The molecule has 0 fully saturated rings. The summed E-state index contributed by atoms with van der Waals surface area (Å²) in [5, 5.41) is 8.36. The van der Waals surface area contributed by atoms with Crippen LogP contribution in [0.4, 0.5) is 5.69 Å². The summed E-state index contributed by atoms with van der Waals surface area (Å²) in [6.45, 7) is 1.68. The number of anilines is 1. The van der Waals surface area contributed by atoms with E-state index in [1.807, 2.05) is 41.0 Å². The van der Waals surface area contributed by atoms with Crippen LogP contribution >= 0.6 is 11.6 Å². The highest BCUT2D eigenvalue weighted by Gasteiger charge is 2.20. The molecule has 2 aromatic heterocycles. The molecule has 1 amide bonds. The van der Waals surface area contributed by atoms with Gasteiger partial charge in [0.15, 0.2) is 0 Å². The molecule has 0 saturated heterocycles. The van der Waals surface area contributed by atoms with Crippen molar-refractivity contribution < 1.29 is 4.79 Å². The van der Waals surface area contributed by atoms with E-state index >= 15 is 0 Å². The van der Waals surface area contributed by atoms with Crippen molar-refractivity contribution in [3.8, 4) is 0 Å². The van der Waals surface area contributed by atoms with Crippen molar-refractivity contribution in [3.63, 3.8) is 0 Å². The third kappa shape index (κ3) is 3.19. The third-order valence-corrected chi connectivity index (χ3v) is 5.71. The molecule has 0 spiro atoms. The number of aryl methyl sites for hydroxylation is 2. The molecule has 2 aromatic carbocycles. The van der Waals surface area contributed by atoms with Crippen LogP contribution in [-0.2, 0) is 13.0 Å². The van der Waals surface area contributed by atoms with Gasteiger partial charge in [-0.15, -0.1) is 0 Å². The Labute approximate surface area is 177 Å². The van der Waals surface area contributed by atoms with Crippen molar-refractivity contribution in [3.05, 3.63) is 81.2 Å². The zero-order valence-electron chi connectivity index (χ0n) is 16.1. The van der Waals surface area contributed by atoms with Crippen molar-refractivity contribution in [2.75, 3.05) is 18.4 Å². The van der Waals surface area contributed by atoms with Crippen LogP contribution in [0.15, 0.2) is 59.7 Å². The number of aromatic nitrogens is 2. The van der Waals surface area contributed by atoms with Gasteiger partial charge in [0.2, 0.25) is 5.43 Å². The van der Waals surface area contributed by atoms with E-state index in [9.17, 15) is 9.59 Å². The second-order valence-corrected chi connectivity index (χ2v) is 7.77. The van der Waals surface area contributed by atoms with Crippen molar-refractivity contribution >= 4 is 45.0 Å². The lowest BCUT2D eigenvalue weighted by Crippen LogP contribution is -2.33. The van der Waals surface area contributed by atoms with Crippen molar-refractivity contribution in [2.45, 2.75) is 13.0 Å². The van der Waals surface area contributed by atoms with E-state index in [2.05, 4.69) is 15.6 Å². The van der Waals surface area contributed by atoms with Crippen molar-refractivity contribution in [1.29, 1.82) is 0 Å². The maximum atomic E-state index is 12.8. The molecule has 0 saturated carbocycles. The second kappa shape index (κ2) is 7.46. The first kappa shape index (κ1) is 18.6. The Kier molecular flexibility index (Phi) is 4.64. The molecule has 0 atom stereocenters. The number of hydrogen-bond donors (Lipinski definition) is 2. The summed E-state index contributed by atoms with van der Waals surface area (Å²) < 4.78 is 2.01. The zero-order valence-corrected chi connectivity index (χ0v) is 16.9. The molecule has 1 aliphatic heterocycles. The van der Waals surface area contributed by atoms with Gasteiger partial charge in [-0.1, -0.05) is 23.7 Å². The number of hydrogen-bond acceptors (Lipinski definition) is 4. The minimum atomic E-state index is -0.351. The molecule has 7 heteroatoms. The minimum absolute atomic E-state index is 0.186. The van der Waals surface area contributed by atoms with Crippen molar-refractivity contribution in [2.24, 2.45) is 0 Å². The summed E-state index contributed by atoms with van der Waals surface area (Å²) in [5.74, 6) is -0.351. The Morgan fingerprint density at radius 1 is 1.13 bits per heavy atom. The van der Waals surface area contributed by atoms with E-state index in [0.717, 1.165) is 40.6 Å². The molecule has 1 aliphatic rings. The second-order valence-electron chi connectivity index (χ2n) is 7.33. The third-order valence-electron chi connectivity index (χ3n) is 5.48. The van der Waals surface area contributed by atoms with Gasteiger partial charge in [-0.25, -0.2) is 0 Å². The first-order chi connectivity index (χ1) is 14.6. The normalized spacial score (nSPS) is 12.4. The van der Waals surface area contributed by atoms with Gasteiger partial charge in [0.25, 0.3) is 5.91 Å². The number of benzene rings is 2. The Morgan fingerprint density at radius 2 is 2.03 bits per heavy atom. The summed E-state index contributed by atoms with van der Waals surface area (Å²) in [4.78, 5) is 29.8. The van der Waals surface area contributed by atoms with Gasteiger partial charge in [-0.3, -0.25) is 14.6 Å². The summed E-state index contributed by atoms with van der Waals surface area (Å²) in [5.41, 5.74) is 3.80. The zero-order chi connectivity index (χ0) is 20.7. The number of nitrogens with zero attached hydrogens (tertiary/aromatic N) is 2. The molecule has 0 aliphatic carbocycles. The largest absolute Gasteiger partial charge is 0.383 e. The van der Waals surface area contributed by atoms with Gasteiger partial charge in [-0.2, -0.15) is 0 Å². The highest BCUT2D eigenvalue weighted by molar-refractivity contribution is 6.31. The van der Waals surface area contributed by atoms with Gasteiger partial charge < -0.3 is 15.2 Å². The fourth-order valence-corrected chi connectivity index (χ4v) is 4.23. The molecule has 2 N–H and O–H groups in total. The van der Waals surface area contributed by atoms with E-state index in [1.165, 1.54) is 0 Å². The Bertz CT molecular complexity index is 1360. The summed E-state index contributed by atoms with van der Waals surface area (Å²) in [7, 11) is 0.